The topological polar surface area (TPSA) is 83.8 Å². The SMILES string of the molecule is CCNCC(F)=C1CCN(c2c(F)cc3c(=O)c(C(=O)O)cn(C4CC4)c3c2OC)CC1. The Kier molecular flexibility index (Phi) is 6.19. The van der Waals surface area contributed by atoms with Crippen LogP contribution in [0.25, 0.3) is 10.9 Å². The van der Waals surface area contributed by atoms with Crippen molar-refractivity contribution in [2.75, 3.05) is 38.2 Å². The number of carboxylic acid groups (broad SMARTS) is 1. The number of nitrogens with zero attached hydrogens (tertiary/aromatic N) is 2. The standard InChI is InChI=1S/C23H27F2N3O4/c1-3-26-11-18(25)13-6-8-27(9-7-13)20-17(24)10-15-19(22(20)32-2)28(14-4-5-14)12-16(21(15)29)23(30)31/h10,12,14,26H,3-9,11H2,1-2H3,(H,30,31). The Morgan fingerprint density at radius 2 is 2.00 bits per heavy atom. The van der Waals surface area contributed by atoms with E-state index in [1.807, 2.05) is 11.8 Å². The number of hydrogen-bond acceptors (Lipinski definition) is 5. The summed E-state index contributed by atoms with van der Waals surface area (Å²) in [6.45, 7) is 3.61. The fraction of sp³-hybridized carbons (Fsp3) is 0.478. The number of fused-ring (bicyclic) bond motifs is 1. The average molecular weight is 447 g/mol. The van der Waals surface area contributed by atoms with Crippen LogP contribution in [-0.4, -0.2) is 48.9 Å². The van der Waals surface area contributed by atoms with Crippen molar-refractivity contribution in [3.63, 3.8) is 0 Å². The molecule has 2 N–H and O–H groups in total. The van der Waals surface area contributed by atoms with E-state index in [4.69, 9.17) is 4.74 Å². The number of carboxylic acids is 1. The maximum Gasteiger partial charge on any atom is 0.341 e. The number of ether oxygens (including phenoxy) is 1. The second kappa shape index (κ2) is 8.90. The minimum Gasteiger partial charge on any atom is -0.492 e. The zero-order chi connectivity index (χ0) is 23.0. The van der Waals surface area contributed by atoms with Crippen LogP contribution >= 0.6 is 0 Å². The number of benzene rings is 1. The predicted molar refractivity (Wildman–Crippen MR) is 118 cm³/mol. The normalized spacial score (nSPS) is 16.5. The van der Waals surface area contributed by atoms with Crippen molar-refractivity contribution in [1.82, 2.24) is 9.88 Å². The van der Waals surface area contributed by atoms with Crippen molar-refractivity contribution in [3.8, 4) is 5.75 Å². The molecule has 0 unspecified atom stereocenters. The van der Waals surface area contributed by atoms with Crippen molar-refractivity contribution in [2.45, 2.75) is 38.6 Å². The first-order valence-electron chi connectivity index (χ1n) is 10.9. The smallest absolute Gasteiger partial charge is 0.341 e. The van der Waals surface area contributed by atoms with Gasteiger partial charge in [0.15, 0.2) is 11.6 Å². The van der Waals surface area contributed by atoms with Crippen LogP contribution in [0.4, 0.5) is 14.5 Å². The Morgan fingerprint density at radius 3 is 2.56 bits per heavy atom. The number of methoxy groups -OCH3 is 1. The largest absolute Gasteiger partial charge is 0.492 e. The number of anilines is 1. The van der Waals surface area contributed by atoms with Gasteiger partial charge in [0, 0.05) is 31.9 Å². The molecular weight excluding hydrogens is 420 g/mol. The molecule has 1 aliphatic carbocycles. The van der Waals surface area contributed by atoms with Crippen LogP contribution in [0.15, 0.2) is 28.5 Å². The maximum atomic E-state index is 15.3. The molecular formula is C23H27F2N3O4. The quantitative estimate of drug-likeness (QED) is 0.675. The lowest BCUT2D eigenvalue weighted by atomic mass is 10.0. The third-order valence-electron chi connectivity index (χ3n) is 6.17. The Balaban J connectivity index is 1.79. The van der Waals surface area contributed by atoms with Crippen molar-refractivity contribution in [3.05, 3.63) is 45.3 Å². The molecule has 1 aromatic carbocycles. The monoisotopic (exact) mass is 447 g/mol. The molecule has 0 atom stereocenters. The highest BCUT2D eigenvalue weighted by Gasteiger charge is 2.32. The van der Waals surface area contributed by atoms with Gasteiger partial charge in [-0.3, -0.25) is 4.79 Å². The number of aromatic nitrogens is 1. The third-order valence-corrected chi connectivity index (χ3v) is 6.17. The summed E-state index contributed by atoms with van der Waals surface area (Å²) in [4.78, 5) is 26.2. The van der Waals surface area contributed by atoms with E-state index in [9.17, 15) is 19.1 Å². The number of aromatic carboxylic acids is 1. The molecule has 1 saturated heterocycles. The molecule has 2 fully saturated rings. The van der Waals surface area contributed by atoms with E-state index in [2.05, 4.69) is 5.32 Å². The molecule has 0 bridgehead atoms. The zero-order valence-corrected chi connectivity index (χ0v) is 18.2. The molecule has 1 aliphatic heterocycles. The fourth-order valence-corrected chi connectivity index (χ4v) is 4.36. The van der Waals surface area contributed by atoms with Crippen LogP contribution in [-0.2, 0) is 0 Å². The number of nitrogens with one attached hydrogen (secondary N) is 1. The number of piperidine rings is 1. The fourth-order valence-electron chi connectivity index (χ4n) is 4.36. The van der Waals surface area contributed by atoms with Gasteiger partial charge in [0.2, 0.25) is 5.43 Å². The lowest BCUT2D eigenvalue weighted by Crippen LogP contribution is -2.33. The Morgan fingerprint density at radius 1 is 1.31 bits per heavy atom. The van der Waals surface area contributed by atoms with E-state index in [-0.39, 0.29) is 40.8 Å². The average Bonchev–Trinajstić information content (AvgIpc) is 3.62. The summed E-state index contributed by atoms with van der Waals surface area (Å²) in [5.41, 5.74) is 0.234. The van der Waals surface area contributed by atoms with Crippen molar-refractivity contribution >= 4 is 22.6 Å². The van der Waals surface area contributed by atoms with E-state index in [0.717, 1.165) is 24.5 Å². The van der Waals surface area contributed by atoms with Crippen LogP contribution in [0.2, 0.25) is 0 Å². The first-order chi connectivity index (χ1) is 15.4. The van der Waals surface area contributed by atoms with Crippen molar-refractivity contribution in [2.24, 2.45) is 0 Å². The van der Waals surface area contributed by atoms with E-state index < -0.39 is 17.2 Å². The van der Waals surface area contributed by atoms with Gasteiger partial charge in [-0.05, 0) is 43.9 Å². The summed E-state index contributed by atoms with van der Waals surface area (Å²) in [6.07, 6.45) is 3.95. The second-order valence-electron chi connectivity index (χ2n) is 8.23. The molecule has 32 heavy (non-hydrogen) atoms. The second-order valence-corrected chi connectivity index (χ2v) is 8.23. The van der Waals surface area contributed by atoms with Gasteiger partial charge in [-0.25, -0.2) is 13.6 Å². The summed E-state index contributed by atoms with van der Waals surface area (Å²) in [6, 6.07) is 1.15. The molecule has 2 heterocycles. The van der Waals surface area contributed by atoms with Gasteiger partial charge in [0.25, 0.3) is 0 Å². The zero-order valence-electron chi connectivity index (χ0n) is 18.2. The van der Waals surface area contributed by atoms with Gasteiger partial charge < -0.3 is 24.6 Å². The summed E-state index contributed by atoms with van der Waals surface area (Å²) >= 11 is 0. The van der Waals surface area contributed by atoms with Gasteiger partial charge >= 0.3 is 5.97 Å². The molecule has 2 aliphatic rings. The highest BCUT2D eigenvalue weighted by Crippen LogP contribution is 2.44. The molecule has 172 valence electrons. The molecule has 1 aromatic heterocycles. The van der Waals surface area contributed by atoms with Gasteiger partial charge in [0.05, 0.1) is 18.0 Å². The lowest BCUT2D eigenvalue weighted by Gasteiger charge is -2.32. The van der Waals surface area contributed by atoms with Crippen molar-refractivity contribution < 1.29 is 23.4 Å². The maximum absolute atomic E-state index is 15.3. The van der Waals surface area contributed by atoms with Crippen LogP contribution in [0.5, 0.6) is 5.75 Å². The number of carbonyl (C=O) groups is 1. The van der Waals surface area contributed by atoms with E-state index in [1.54, 1.807) is 4.57 Å². The van der Waals surface area contributed by atoms with Crippen LogP contribution in [0, 0.1) is 5.82 Å². The molecule has 0 amide bonds. The van der Waals surface area contributed by atoms with Gasteiger partial charge in [-0.2, -0.15) is 0 Å². The third kappa shape index (κ3) is 3.97. The van der Waals surface area contributed by atoms with E-state index in [1.165, 1.54) is 13.3 Å². The summed E-state index contributed by atoms with van der Waals surface area (Å²) in [5.74, 6) is -1.95. The molecule has 0 radical (unpaired) electrons. The number of hydrogen-bond donors (Lipinski definition) is 2. The van der Waals surface area contributed by atoms with Gasteiger partial charge in [-0.1, -0.05) is 6.92 Å². The van der Waals surface area contributed by atoms with Crippen molar-refractivity contribution in [1.29, 1.82) is 0 Å². The molecule has 9 heteroatoms. The number of halogens is 2. The van der Waals surface area contributed by atoms with Crippen LogP contribution in [0.3, 0.4) is 0 Å². The predicted octanol–water partition coefficient (Wildman–Crippen LogP) is 3.62. The highest BCUT2D eigenvalue weighted by atomic mass is 19.1. The molecule has 7 nitrogen and oxygen atoms in total. The Hall–Kier alpha value is -2.94. The minimum atomic E-state index is -1.34. The summed E-state index contributed by atoms with van der Waals surface area (Å²) in [5, 5.41) is 12.4. The number of pyridine rings is 1. The van der Waals surface area contributed by atoms with E-state index >= 15 is 4.39 Å². The number of likely N-dealkylation sites (N-methyl/N-ethyl adjacent to an activating group) is 1. The lowest BCUT2D eigenvalue weighted by molar-refractivity contribution is 0.0694. The van der Waals surface area contributed by atoms with Crippen LogP contribution in [0.1, 0.15) is 49.0 Å². The van der Waals surface area contributed by atoms with Crippen LogP contribution < -0.4 is 20.4 Å². The molecule has 4 rings (SSSR count). The Bertz CT molecular complexity index is 1140. The van der Waals surface area contributed by atoms with E-state index in [0.29, 0.717) is 38.0 Å². The summed E-state index contributed by atoms with van der Waals surface area (Å²) in [7, 11) is 1.41. The highest BCUT2D eigenvalue weighted by molar-refractivity contribution is 5.97. The first-order valence-corrected chi connectivity index (χ1v) is 10.9. The van der Waals surface area contributed by atoms with Gasteiger partial charge in [-0.15, -0.1) is 0 Å². The molecule has 1 saturated carbocycles. The number of rotatable bonds is 7. The minimum absolute atomic E-state index is 0.0100. The first kappa shape index (κ1) is 22.3. The Labute approximate surface area is 184 Å². The summed E-state index contributed by atoms with van der Waals surface area (Å²) < 4.78 is 37.0. The molecule has 0 spiro atoms. The molecule has 2 aromatic rings. The van der Waals surface area contributed by atoms with Gasteiger partial charge in [0.1, 0.15) is 17.1 Å².